The van der Waals surface area contributed by atoms with Gasteiger partial charge in [0.25, 0.3) is 11.8 Å². The fourth-order valence-electron chi connectivity index (χ4n) is 1.88. The molecule has 0 radical (unpaired) electrons. The molecule has 0 aromatic heterocycles. The predicted molar refractivity (Wildman–Crippen MR) is 66.1 cm³/mol. The number of benzene rings is 1. The molecule has 18 heavy (non-hydrogen) atoms. The van der Waals surface area contributed by atoms with Crippen molar-refractivity contribution in [3.8, 4) is 5.75 Å². The van der Waals surface area contributed by atoms with Crippen LogP contribution in [0, 0.1) is 0 Å². The normalized spacial score (nSPS) is 18.0. The number of hydrogen-bond acceptors (Lipinski definition) is 2. The molecule has 98 valence electrons. The fourth-order valence-corrected chi connectivity index (χ4v) is 2.25. The molecule has 1 amide bonds. The van der Waals surface area contributed by atoms with Crippen molar-refractivity contribution in [3.05, 3.63) is 28.2 Å². The van der Waals surface area contributed by atoms with Crippen LogP contribution < -0.4 is 10.1 Å². The van der Waals surface area contributed by atoms with Gasteiger partial charge < -0.3 is 10.1 Å². The van der Waals surface area contributed by atoms with Gasteiger partial charge in [-0.1, -0.05) is 15.9 Å². The van der Waals surface area contributed by atoms with Gasteiger partial charge in [0.15, 0.2) is 0 Å². The number of rotatable bonds is 3. The number of ether oxygens (including phenoxy) is 1. The maximum Gasteiger partial charge on any atom is 0.255 e. The van der Waals surface area contributed by atoms with Crippen molar-refractivity contribution < 1.29 is 18.3 Å². The zero-order chi connectivity index (χ0) is 13.3. The maximum absolute atomic E-state index is 12.7. The first-order valence-corrected chi connectivity index (χ1v) is 6.23. The van der Waals surface area contributed by atoms with E-state index in [1.165, 1.54) is 7.11 Å². The molecule has 0 spiro atoms. The quantitative estimate of drug-likeness (QED) is 0.930. The Morgan fingerprint density at radius 1 is 1.50 bits per heavy atom. The van der Waals surface area contributed by atoms with Crippen molar-refractivity contribution in [2.24, 2.45) is 0 Å². The van der Waals surface area contributed by atoms with Crippen molar-refractivity contribution in [2.45, 2.75) is 24.8 Å². The van der Waals surface area contributed by atoms with Crippen LogP contribution in [-0.4, -0.2) is 25.0 Å². The number of halogens is 3. The summed E-state index contributed by atoms with van der Waals surface area (Å²) >= 11 is 3.25. The molecule has 3 nitrogen and oxygen atoms in total. The Labute approximate surface area is 112 Å². The van der Waals surface area contributed by atoms with E-state index in [0.717, 1.165) is 4.47 Å². The van der Waals surface area contributed by atoms with Gasteiger partial charge in [0.2, 0.25) is 0 Å². The molecule has 6 heteroatoms. The lowest BCUT2D eigenvalue weighted by molar-refractivity contribution is -0.0901. The van der Waals surface area contributed by atoms with Crippen LogP contribution in [0.3, 0.4) is 0 Å². The van der Waals surface area contributed by atoms with E-state index < -0.39 is 17.9 Å². The van der Waals surface area contributed by atoms with Gasteiger partial charge in [-0.2, -0.15) is 0 Å². The van der Waals surface area contributed by atoms with Crippen molar-refractivity contribution in [1.82, 2.24) is 5.32 Å². The SMILES string of the molecule is COc1ccc(Br)cc1C(=O)NC1CC(F)(F)C1. The smallest absolute Gasteiger partial charge is 0.255 e. The van der Waals surface area contributed by atoms with Gasteiger partial charge in [-0.25, -0.2) is 8.78 Å². The first-order valence-electron chi connectivity index (χ1n) is 5.43. The largest absolute Gasteiger partial charge is 0.496 e. The first-order chi connectivity index (χ1) is 8.41. The van der Waals surface area contributed by atoms with Gasteiger partial charge in [-0.15, -0.1) is 0 Å². The van der Waals surface area contributed by atoms with Crippen LogP contribution in [0.2, 0.25) is 0 Å². The Morgan fingerprint density at radius 3 is 2.72 bits per heavy atom. The molecule has 1 aromatic rings. The zero-order valence-electron chi connectivity index (χ0n) is 9.67. The molecule has 1 fully saturated rings. The standard InChI is InChI=1S/C12H12BrF2NO2/c1-18-10-3-2-7(13)4-9(10)11(17)16-8-5-12(14,15)6-8/h2-4,8H,5-6H2,1H3,(H,16,17). The van der Waals surface area contributed by atoms with E-state index in [4.69, 9.17) is 4.74 Å². The van der Waals surface area contributed by atoms with E-state index >= 15 is 0 Å². The Bertz CT molecular complexity index is 471. The lowest BCUT2D eigenvalue weighted by atomic mass is 9.88. The van der Waals surface area contributed by atoms with E-state index in [0.29, 0.717) is 11.3 Å². The zero-order valence-corrected chi connectivity index (χ0v) is 11.3. The molecule has 0 atom stereocenters. The summed E-state index contributed by atoms with van der Waals surface area (Å²) in [6, 6.07) is 4.53. The summed E-state index contributed by atoms with van der Waals surface area (Å²) in [5.41, 5.74) is 0.335. The molecule has 0 unspecified atom stereocenters. The fraction of sp³-hybridized carbons (Fsp3) is 0.417. The Balaban J connectivity index is 2.07. The van der Waals surface area contributed by atoms with E-state index in [1.807, 2.05) is 0 Å². The van der Waals surface area contributed by atoms with Gasteiger partial charge >= 0.3 is 0 Å². The third-order valence-electron chi connectivity index (χ3n) is 2.83. The summed E-state index contributed by atoms with van der Waals surface area (Å²) in [5, 5.41) is 2.57. The Hall–Kier alpha value is -1.17. The van der Waals surface area contributed by atoms with Crippen LogP contribution in [0.1, 0.15) is 23.2 Å². The summed E-state index contributed by atoms with van der Waals surface area (Å²) in [6.07, 6.45) is -0.593. The molecule has 1 aromatic carbocycles. The summed E-state index contributed by atoms with van der Waals surface area (Å²) in [5.74, 6) is -2.62. The predicted octanol–water partition coefficient (Wildman–Crippen LogP) is 2.99. The average molecular weight is 320 g/mol. The maximum atomic E-state index is 12.7. The van der Waals surface area contributed by atoms with E-state index in [1.54, 1.807) is 18.2 Å². The second-order valence-corrected chi connectivity index (χ2v) is 5.19. The summed E-state index contributed by atoms with van der Waals surface area (Å²) < 4.78 is 31.1. The highest BCUT2D eigenvalue weighted by Crippen LogP contribution is 2.37. The number of carbonyl (C=O) groups is 1. The summed E-state index contributed by atoms with van der Waals surface area (Å²) in [7, 11) is 1.46. The number of alkyl halides is 2. The van der Waals surface area contributed by atoms with Crippen LogP contribution in [0.4, 0.5) is 8.78 Å². The molecule has 0 heterocycles. The minimum Gasteiger partial charge on any atom is -0.496 e. The lowest BCUT2D eigenvalue weighted by Crippen LogP contribution is -2.50. The number of carbonyl (C=O) groups excluding carboxylic acids is 1. The van der Waals surface area contributed by atoms with Crippen LogP contribution in [-0.2, 0) is 0 Å². The average Bonchev–Trinajstić information content (AvgIpc) is 2.26. The third-order valence-corrected chi connectivity index (χ3v) is 3.32. The van der Waals surface area contributed by atoms with Crippen molar-refractivity contribution in [2.75, 3.05) is 7.11 Å². The van der Waals surface area contributed by atoms with Gasteiger partial charge in [0.1, 0.15) is 5.75 Å². The Kier molecular flexibility index (Phi) is 3.56. The highest BCUT2D eigenvalue weighted by molar-refractivity contribution is 9.10. The van der Waals surface area contributed by atoms with Crippen LogP contribution in [0.5, 0.6) is 5.75 Å². The van der Waals surface area contributed by atoms with Gasteiger partial charge in [0, 0.05) is 23.4 Å². The molecule has 1 aliphatic carbocycles. The van der Waals surface area contributed by atoms with Crippen molar-refractivity contribution >= 4 is 21.8 Å². The molecular formula is C12H12BrF2NO2. The lowest BCUT2D eigenvalue weighted by Gasteiger charge is -2.35. The topological polar surface area (TPSA) is 38.3 Å². The number of amides is 1. The highest BCUT2D eigenvalue weighted by Gasteiger charge is 2.46. The second kappa shape index (κ2) is 4.84. The first kappa shape index (κ1) is 13.3. The van der Waals surface area contributed by atoms with Crippen LogP contribution >= 0.6 is 15.9 Å². The molecule has 0 saturated heterocycles. The number of nitrogens with one attached hydrogen (secondary N) is 1. The highest BCUT2D eigenvalue weighted by atomic mass is 79.9. The minimum absolute atomic E-state index is 0.297. The van der Waals surface area contributed by atoms with E-state index in [2.05, 4.69) is 21.2 Å². The van der Waals surface area contributed by atoms with Crippen molar-refractivity contribution in [1.29, 1.82) is 0 Å². The molecule has 1 saturated carbocycles. The van der Waals surface area contributed by atoms with Gasteiger partial charge in [-0.05, 0) is 18.2 Å². The van der Waals surface area contributed by atoms with Crippen LogP contribution in [0.25, 0.3) is 0 Å². The van der Waals surface area contributed by atoms with Crippen LogP contribution in [0.15, 0.2) is 22.7 Å². The molecular weight excluding hydrogens is 308 g/mol. The third kappa shape index (κ3) is 2.80. The molecule has 1 aliphatic rings. The minimum atomic E-state index is -2.64. The van der Waals surface area contributed by atoms with E-state index in [-0.39, 0.29) is 12.8 Å². The summed E-state index contributed by atoms with van der Waals surface area (Å²) in [4.78, 5) is 11.9. The molecule has 0 aliphatic heterocycles. The summed E-state index contributed by atoms with van der Waals surface area (Å²) in [6.45, 7) is 0. The second-order valence-electron chi connectivity index (χ2n) is 4.28. The van der Waals surface area contributed by atoms with Gasteiger partial charge in [-0.3, -0.25) is 4.79 Å². The molecule has 1 N–H and O–H groups in total. The van der Waals surface area contributed by atoms with E-state index in [9.17, 15) is 13.6 Å². The van der Waals surface area contributed by atoms with Gasteiger partial charge in [0.05, 0.1) is 12.7 Å². The monoisotopic (exact) mass is 319 g/mol. The van der Waals surface area contributed by atoms with Crippen molar-refractivity contribution in [3.63, 3.8) is 0 Å². The molecule has 2 rings (SSSR count). The number of methoxy groups -OCH3 is 1. The number of hydrogen-bond donors (Lipinski definition) is 1. The Morgan fingerprint density at radius 2 is 2.17 bits per heavy atom. The molecule has 0 bridgehead atoms.